The Labute approximate surface area is 135 Å². The van der Waals surface area contributed by atoms with Crippen molar-refractivity contribution in [3.63, 3.8) is 0 Å². The van der Waals surface area contributed by atoms with Crippen molar-refractivity contribution in [3.05, 3.63) is 38.3 Å². The van der Waals surface area contributed by atoms with Gasteiger partial charge in [0.1, 0.15) is 0 Å². The maximum Gasteiger partial charge on any atom is 0.252 e. The summed E-state index contributed by atoms with van der Waals surface area (Å²) in [7, 11) is 0. The molecule has 7 heteroatoms. The molecule has 3 rings (SSSR count). The zero-order valence-corrected chi connectivity index (χ0v) is 13.9. The molecule has 0 radical (unpaired) electrons. The minimum absolute atomic E-state index is 0.381. The van der Waals surface area contributed by atoms with E-state index in [0.717, 1.165) is 42.0 Å². The predicted molar refractivity (Wildman–Crippen MR) is 86.3 cm³/mol. The Balaban J connectivity index is 1.56. The molecule has 0 fully saturated rings. The zero-order chi connectivity index (χ0) is 14.8. The van der Waals surface area contributed by atoms with Gasteiger partial charge in [-0.2, -0.15) is 5.10 Å². The smallest absolute Gasteiger partial charge is 0.252 e. The number of fused-ring (bicyclic) bond motifs is 1. The molecule has 5 nitrogen and oxygen atoms in total. The molecule has 0 bridgehead atoms. The fraction of sp³-hybridized carbons (Fsp3) is 0.429. The lowest BCUT2D eigenvalue weighted by molar-refractivity contribution is 0.0998. The van der Waals surface area contributed by atoms with Gasteiger partial charge in [0.05, 0.1) is 21.2 Å². The summed E-state index contributed by atoms with van der Waals surface area (Å²) in [6.07, 6.45) is 3.53. The van der Waals surface area contributed by atoms with Crippen molar-refractivity contribution < 1.29 is 4.79 Å². The molecular formula is C14H17BrN4OS. The van der Waals surface area contributed by atoms with E-state index < -0.39 is 0 Å². The highest BCUT2D eigenvalue weighted by Crippen LogP contribution is 2.23. The van der Waals surface area contributed by atoms with Crippen LogP contribution in [0.15, 0.2) is 21.4 Å². The Morgan fingerprint density at radius 1 is 1.62 bits per heavy atom. The van der Waals surface area contributed by atoms with E-state index in [2.05, 4.69) is 37.8 Å². The average molecular weight is 369 g/mol. The minimum atomic E-state index is -0.381. The summed E-state index contributed by atoms with van der Waals surface area (Å²) in [5, 5.41) is 9.88. The van der Waals surface area contributed by atoms with Crippen molar-refractivity contribution in [3.8, 4) is 0 Å². The molecule has 0 saturated carbocycles. The molecule has 2 aromatic rings. The predicted octanol–water partition coefficient (Wildman–Crippen LogP) is 2.16. The van der Waals surface area contributed by atoms with E-state index in [9.17, 15) is 4.79 Å². The molecule has 0 spiro atoms. The lowest BCUT2D eigenvalue weighted by Crippen LogP contribution is -2.30. The molecule has 0 aliphatic carbocycles. The molecule has 2 aromatic heterocycles. The number of nitrogens with zero attached hydrogens (tertiary/aromatic N) is 2. The number of carbonyl (C=O) groups excluding carboxylic acids is 1. The number of thiophene rings is 1. The fourth-order valence-electron chi connectivity index (χ4n) is 2.74. The van der Waals surface area contributed by atoms with Gasteiger partial charge in [-0.1, -0.05) is 0 Å². The highest BCUT2D eigenvalue weighted by Gasteiger charge is 2.23. The van der Waals surface area contributed by atoms with E-state index in [1.807, 2.05) is 4.68 Å². The number of halogens is 1. The summed E-state index contributed by atoms with van der Waals surface area (Å²) >= 11 is 5.17. The molecule has 3 N–H and O–H groups in total. The van der Waals surface area contributed by atoms with Crippen LogP contribution in [0.25, 0.3) is 0 Å². The van der Waals surface area contributed by atoms with Gasteiger partial charge in [-0.25, -0.2) is 0 Å². The summed E-state index contributed by atoms with van der Waals surface area (Å²) in [6, 6.07) is 2.14. The second-order valence-electron chi connectivity index (χ2n) is 5.34. The Hall–Kier alpha value is -1.18. The van der Waals surface area contributed by atoms with Gasteiger partial charge in [0.25, 0.3) is 5.91 Å². The standard InChI is InChI=1S/C14H17BrN4OS/c15-13-4-10(8-21-13)6-17-5-9-1-2-19-12(3-9)11(7-18-19)14(16)20/h4,7-9,17H,1-3,5-6H2,(H2,16,20)/t9-/m0/s1. The van der Waals surface area contributed by atoms with Crippen LogP contribution in [-0.4, -0.2) is 22.2 Å². The minimum Gasteiger partial charge on any atom is -0.365 e. The van der Waals surface area contributed by atoms with Crippen molar-refractivity contribution in [1.29, 1.82) is 0 Å². The van der Waals surface area contributed by atoms with Crippen molar-refractivity contribution in [2.45, 2.75) is 25.9 Å². The topological polar surface area (TPSA) is 72.9 Å². The van der Waals surface area contributed by atoms with Crippen molar-refractivity contribution in [2.24, 2.45) is 11.7 Å². The van der Waals surface area contributed by atoms with Crippen LogP contribution < -0.4 is 11.1 Å². The van der Waals surface area contributed by atoms with Crippen LogP contribution >= 0.6 is 27.3 Å². The molecule has 1 atom stereocenters. The first-order valence-corrected chi connectivity index (χ1v) is 8.59. The van der Waals surface area contributed by atoms with E-state index in [1.165, 1.54) is 5.56 Å². The number of aryl methyl sites for hydroxylation is 1. The van der Waals surface area contributed by atoms with E-state index in [0.29, 0.717) is 11.5 Å². The number of carbonyl (C=O) groups is 1. The fourth-order valence-corrected chi connectivity index (χ4v) is 3.95. The quantitative estimate of drug-likeness (QED) is 0.848. The summed E-state index contributed by atoms with van der Waals surface area (Å²) in [4.78, 5) is 11.4. The van der Waals surface area contributed by atoms with Crippen molar-refractivity contribution >= 4 is 33.2 Å². The second kappa shape index (κ2) is 6.29. The lowest BCUT2D eigenvalue weighted by atomic mass is 9.94. The van der Waals surface area contributed by atoms with Gasteiger partial charge < -0.3 is 11.1 Å². The van der Waals surface area contributed by atoms with Crippen molar-refractivity contribution in [2.75, 3.05) is 6.54 Å². The normalized spacial score (nSPS) is 17.7. The lowest BCUT2D eigenvalue weighted by Gasteiger charge is -2.24. The van der Waals surface area contributed by atoms with Crippen LogP contribution in [0, 0.1) is 5.92 Å². The van der Waals surface area contributed by atoms with Crippen molar-refractivity contribution in [1.82, 2.24) is 15.1 Å². The third-order valence-electron chi connectivity index (χ3n) is 3.83. The summed E-state index contributed by atoms with van der Waals surface area (Å²) in [5.41, 5.74) is 8.25. The molecule has 1 aliphatic rings. The first-order chi connectivity index (χ1) is 10.1. The number of nitrogens with two attached hydrogens (primary N) is 1. The Morgan fingerprint density at radius 2 is 2.48 bits per heavy atom. The Kier molecular flexibility index (Phi) is 4.42. The Bertz CT molecular complexity index is 651. The van der Waals surface area contributed by atoms with Gasteiger partial charge in [-0.05, 0) is 58.2 Å². The number of aromatic nitrogens is 2. The summed E-state index contributed by atoms with van der Waals surface area (Å²) in [6.45, 7) is 2.68. The van der Waals surface area contributed by atoms with Crippen LogP contribution in [0.5, 0.6) is 0 Å². The van der Waals surface area contributed by atoms with Gasteiger partial charge in [0.15, 0.2) is 0 Å². The highest BCUT2D eigenvalue weighted by atomic mass is 79.9. The second-order valence-corrected chi connectivity index (χ2v) is 7.63. The van der Waals surface area contributed by atoms with E-state index in [1.54, 1.807) is 17.5 Å². The van der Waals surface area contributed by atoms with Gasteiger partial charge in [0.2, 0.25) is 0 Å². The summed E-state index contributed by atoms with van der Waals surface area (Å²) < 4.78 is 3.07. The number of rotatable bonds is 5. The molecule has 21 heavy (non-hydrogen) atoms. The Morgan fingerprint density at radius 3 is 3.19 bits per heavy atom. The van der Waals surface area contributed by atoms with E-state index in [-0.39, 0.29) is 5.91 Å². The number of hydrogen-bond donors (Lipinski definition) is 2. The van der Waals surface area contributed by atoms with E-state index >= 15 is 0 Å². The van der Waals surface area contributed by atoms with Crippen LogP contribution in [0.2, 0.25) is 0 Å². The number of nitrogens with one attached hydrogen (secondary N) is 1. The highest BCUT2D eigenvalue weighted by molar-refractivity contribution is 9.11. The van der Waals surface area contributed by atoms with Crippen LogP contribution in [0.1, 0.15) is 28.0 Å². The monoisotopic (exact) mass is 368 g/mol. The van der Waals surface area contributed by atoms with Gasteiger partial charge >= 0.3 is 0 Å². The van der Waals surface area contributed by atoms with Crippen LogP contribution in [0.3, 0.4) is 0 Å². The molecule has 0 saturated heterocycles. The molecule has 0 aromatic carbocycles. The maximum atomic E-state index is 11.4. The zero-order valence-electron chi connectivity index (χ0n) is 11.5. The third kappa shape index (κ3) is 3.36. The number of amides is 1. The van der Waals surface area contributed by atoms with E-state index in [4.69, 9.17) is 5.73 Å². The maximum absolute atomic E-state index is 11.4. The largest absolute Gasteiger partial charge is 0.365 e. The van der Waals surface area contributed by atoms with Crippen LogP contribution in [0.4, 0.5) is 0 Å². The van der Waals surface area contributed by atoms with Gasteiger partial charge in [-0.3, -0.25) is 9.48 Å². The first-order valence-electron chi connectivity index (χ1n) is 6.91. The van der Waals surface area contributed by atoms with Crippen LogP contribution in [-0.2, 0) is 19.5 Å². The summed E-state index contributed by atoms with van der Waals surface area (Å²) in [5.74, 6) is 0.141. The molecule has 3 heterocycles. The average Bonchev–Trinajstić information content (AvgIpc) is 3.04. The van der Waals surface area contributed by atoms with Gasteiger partial charge in [0, 0.05) is 13.1 Å². The SMILES string of the molecule is NC(=O)c1cnn2c1C[C@@H](CNCc1csc(Br)c1)CC2. The molecule has 0 unspecified atom stereocenters. The van der Waals surface area contributed by atoms with Gasteiger partial charge in [-0.15, -0.1) is 11.3 Å². The molecule has 112 valence electrons. The molecule has 1 amide bonds. The molecule has 1 aliphatic heterocycles. The number of hydrogen-bond acceptors (Lipinski definition) is 4. The first kappa shape index (κ1) is 14.7. The number of primary amides is 1. The molecular weight excluding hydrogens is 352 g/mol. The third-order valence-corrected chi connectivity index (χ3v) is 5.38.